The number of pyridine rings is 1. The molecule has 0 N–H and O–H groups in total. The Morgan fingerprint density at radius 2 is 2.08 bits per heavy atom. The fourth-order valence-corrected chi connectivity index (χ4v) is 1.60. The highest BCUT2D eigenvalue weighted by atomic mass is 19.1. The Morgan fingerprint density at radius 3 is 2.62 bits per heavy atom. The molecule has 0 aliphatic rings. The van der Waals surface area contributed by atoms with Crippen molar-refractivity contribution in [3.8, 4) is 0 Å². The average molecular weight is 181 g/mol. The van der Waals surface area contributed by atoms with Crippen LogP contribution in [0.2, 0.25) is 0 Å². The predicted molar refractivity (Wildman–Crippen MR) is 52.3 cm³/mol. The lowest BCUT2D eigenvalue weighted by Gasteiger charge is -2.12. The lowest BCUT2D eigenvalue weighted by Crippen LogP contribution is -2.01. The normalized spacial score (nSPS) is 10.8. The van der Waals surface area contributed by atoms with Crippen LogP contribution in [0.25, 0.3) is 0 Å². The number of halogens is 1. The van der Waals surface area contributed by atoms with Crippen molar-refractivity contribution in [2.75, 3.05) is 0 Å². The van der Waals surface area contributed by atoms with E-state index in [0.717, 1.165) is 24.0 Å². The first-order chi connectivity index (χ1) is 6.16. The van der Waals surface area contributed by atoms with E-state index in [1.165, 1.54) is 6.20 Å². The molecule has 0 fully saturated rings. The van der Waals surface area contributed by atoms with Gasteiger partial charge in [0.15, 0.2) is 0 Å². The Bertz CT molecular complexity index is 281. The number of hydrogen-bond donors (Lipinski definition) is 0. The van der Waals surface area contributed by atoms with Crippen LogP contribution in [0.5, 0.6) is 0 Å². The molecule has 0 aliphatic carbocycles. The molecule has 72 valence electrons. The van der Waals surface area contributed by atoms with Gasteiger partial charge in [-0.25, -0.2) is 4.39 Å². The van der Waals surface area contributed by atoms with Crippen molar-refractivity contribution in [2.24, 2.45) is 0 Å². The average Bonchev–Trinajstić information content (AvgIpc) is 2.04. The Balaban J connectivity index is 3.10. The van der Waals surface area contributed by atoms with Gasteiger partial charge < -0.3 is 0 Å². The summed E-state index contributed by atoms with van der Waals surface area (Å²) in [6, 6.07) is 0. The fraction of sp³-hybridized carbons (Fsp3) is 0.545. The molecule has 1 heterocycles. The minimum absolute atomic E-state index is 0.166. The van der Waals surface area contributed by atoms with Gasteiger partial charge in [-0.2, -0.15) is 0 Å². The van der Waals surface area contributed by atoms with Gasteiger partial charge in [0.2, 0.25) is 0 Å². The highest BCUT2D eigenvalue weighted by Crippen LogP contribution is 2.22. The molecule has 0 unspecified atom stereocenters. The van der Waals surface area contributed by atoms with Crippen molar-refractivity contribution in [3.63, 3.8) is 0 Å². The van der Waals surface area contributed by atoms with Crippen LogP contribution in [0, 0.1) is 5.82 Å². The maximum absolute atomic E-state index is 13.4. The Morgan fingerprint density at radius 1 is 1.38 bits per heavy atom. The Kier molecular flexibility index (Phi) is 3.40. The van der Waals surface area contributed by atoms with Gasteiger partial charge in [-0.05, 0) is 23.5 Å². The van der Waals surface area contributed by atoms with E-state index in [-0.39, 0.29) is 11.7 Å². The van der Waals surface area contributed by atoms with Gasteiger partial charge >= 0.3 is 0 Å². The van der Waals surface area contributed by atoms with Crippen molar-refractivity contribution in [2.45, 2.75) is 39.5 Å². The summed E-state index contributed by atoms with van der Waals surface area (Å²) in [6.07, 6.45) is 5.03. The zero-order chi connectivity index (χ0) is 9.84. The molecule has 0 saturated carbocycles. The van der Waals surface area contributed by atoms with Crippen molar-refractivity contribution in [1.82, 2.24) is 4.98 Å². The minimum atomic E-state index is -0.166. The van der Waals surface area contributed by atoms with Crippen LogP contribution >= 0.6 is 0 Å². The second-order valence-electron chi connectivity index (χ2n) is 3.60. The van der Waals surface area contributed by atoms with E-state index in [9.17, 15) is 4.39 Å². The summed E-state index contributed by atoms with van der Waals surface area (Å²) in [6.45, 7) is 6.12. The molecule has 1 aromatic heterocycles. The summed E-state index contributed by atoms with van der Waals surface area (Å²) in [5.74, 6) is 0.0745. The maximum Gasteiger partial charge on any atom is 0.145 e. The molecule has 0 bridgehead atoms. The lowest BCUT2D eigenvalue weighted by molar-refractivity contribution is 0.585. The summed E-state index contributed by atoms with van der Waals surface area (Å²) in [4.78, 5) is 3.87. The van der Waals surface area contributed by atoms with Crippen LogP contribution in [0.1, 0.15) is 44.2 Å². The van der Waals surface area contributed by atoms with Crippen LogP contribution in [-0.2, 0) is 6.42 Å². The van der Waals surface area contributed by atoms with Gasteiger partial charge in [-0.15, -0.1) is 0 Å². The van der Waals surface area contributed by atoms with Gasteiger partial charge in [0.25, 0.3) is 0 Å². The molecule has 0 aliphatic heterocycles. The summed E-state index contributed by atoms with van der Waals surface area (Å²) in [7, 11) is 0. The number of aryl methyl sites for hydroxylation is 1. The minimum Gasteiger partial charge on any atom is -0.261 e. The zero-order valence-corrected chi connectivity index (χ0v) is 8.47. The third-order valence-corrected chi connectivity index (χ3v) is 2.12. The SMILES string of the molecule is CCCc1cncc(F)c1C(C)C. The van der Waals surface area contributed by atoms with Crippen LogP contribution in [0.15, 0.2) is 12.4 Å². The summed E-state index contributed by atoms with van der Waals surface area (Å²) in [5.41, 5.74) is 1.88. The standard InChI is InChI=1S/C11H16FN/c1-4-5-9-6-13-7-10(12)11(9)8(2)3/h6-8H,4-5H2,1-3H3. The summed E-state index contributed by atoms with van der Waals surface area (Å²) < 4.78 is 13.4. The lowest BCUT2D eigenvalue weighted by atomic mass is 9.96. The molecule has 0 saturated heterocycles. The van der Waals surface area contributed by atoms with Crippen molar-refractivity contribution < 1.29 is 4.39 Å². The second-order valence-corrected chi connectivity index (χ2v) is 3.60. The van der Waals surface area contributed by atoms with Gasteiger partial charge in [0.1, 0.15) is 5.82 Å². The van der Waals surface area contributed by atoms with E-state index >= 15 is 0 Å². The molecule has 0 radical (unpaired) electrons. The molecule has 0 spiro atoms. The smallest absolute Gasteiger partial charge is 0.145 e. The molecule has 0 aromatic carbocycles. The number of nitrogens with zero attached hydrogens (tertiary/aromatic N) is 1. The quantitative estimate of drug-likeness (QED) is 0.697. The van der Waals surface area contributed by atoms with E-state index in [2.05, 4.69) is 11.9 Å². The van der Waals surface area contributed by atoms with Crippen molar-refractivity contribution in [3.05, 3.63) is 29.3 Å². The third kappa shape index (κ3) is 2.27. The van der Waals surface area contributed by atoms with Crippen LogP contribution < -0.4 is 0 Å². The van der Waals surface area contributed by atoms with E-state index in [1.54, 1.807) is 6.20 Å². The Labute approximate surface area is 79.0 Å². The highest BCUT2D eigenvalue weighted by molar-refractivity contribution is 5.27. The van der Waals surface area contributed by atoms with Crippen molar-refractivity contribution >= 4 is 0 Å². The van der Waals surface area contributed by atoms with E-state index in [4.69, 9.17) is 0 Å². The molecular formula is C11H16FN. The third-order valence-electron chi connectivity index (χ3n) is 2.12. The molecule has 1 nitrogen and oxygen atoms in total. The molecule has 0 atom stereocenters. The first-order valence-electron chi connectivity index (χ1n) is 4.79. The monoisotopic (exact) mass is 181 g/mol. The first-order valence-corrected chi connectivity index (χ1v) is 4.79. The van der Waals surface area contributed by atoms with Gasteiger partial charge in [-0.3, -0.25) is 4.98 Å². The molecule has 0 amide bonds. The number of hydrogen-bond acceptors (Lipinski definition) is 1. The van der Waals surface area contributed by atoms with Gasteiger partial charge in [0, 0.05) is 6.20 Å². The molecule has 1 aromatic rings. The maximum atomic E-state index is 13.4. The largest absolute Gasteiger partial charge is 0.261 e. The fourth-order valence-electron chi connectivity index (χ4n) is 1.60. The molecule has 2 heteroatoms. The molecule has 13 heavy (non-hydrogen) atoms. The van der Waals surface area contributed by atoms with Gasteiger partial charge in [0.05, 0.1) is 6.20 Å². The van der Waals surface area contributed by atoms with E-state index in [0.29, 0.717) is 0 Å². The van der Waals surface area contributed by atoms with Crippen molar-refractivity contribution in [1.29, 1.82) is 0 Å². The predicted octanol–water partition coefficient (Wildman–Crippen LogP) is 3.30. The molecular weight excluding hydrogens is 165 g/mol. The first kappa shape index (κ1) is 10.2. The number of rotatable bonds is 3. The topological polar surface area (TPSA) is 12.9 Å². The van der Waals surface area contributed by atoms with E-state index in [1.807, 2.05) is 13.8 Å². The summed E-state index contributed by atoms with van der Waals surface area (Å²) in [5, 5.41) is 0. The summed E-state index contributed by atoms with van der Waals surface area (Å²) >= 11 is 0. The van der Waals surface area contributed by atoms with E-state index < -0.39 is 0 Å². The van der Waals surface area contributed by atoms with Crippen LogP contribution in [0.4, 0.5) is 4.39 Å². The highest BCUT2D eigenvalue weighted by Gasteiger charge is 2.11. The zero-order valence-electron chi connectivity index (χ0n) is 8.47. The second kappa shape index (κ2) is 4.35. The number of aromatic nitrogens is 1. The Hall–Kier alpha value is -0.920. The van der Waals surface area contributed by atoms with Gasteiger partial charge in [-0.1, -0.05) is 27.2 Å². The molecule has 1 rings (SSSR count). The van der Waals surface area contributed by atoms with Crippen LogP contribution in [-0.4, -0.2) is 4.98 Å². The van der Waals surface area contributed by atoms with Crippen LogP contribution in [0.3, 0.4) is 0 Å².